The van der Waals surface area contributed by atoms with Crippen LogP contribution in [0.5, 0.6) is 5.75 Å². The second-order valence-corrected chi connectivity index (χ2v) is 5.70. The number of ether oxygens (including phenoxy) is 1. The Morgan fingerprint density at radius 2 is 2.04 bits per heavy atom. The fourth-order valence-corrected chi connectivity index (χ4v) is 2.86. The van der Waals surface area contributed by atoms with E-state index in [1.807, 2.05) is 54.2 Å². The largest absolute Gasteiger partial charge is 0.497 e. The fourth-order valence-electron chi connectivity index (χ4n) is 2.63. The molecule has 0 N–H and O–H groups in total. The van der Waals surface area contributed by atoms with Crippen LogP contribution >= 0.6 is 11.6 Å². The van der Waals surface area contributed by atoms with Crippen molar-refractivity contribution >= 4 is 34.7 Å². The molecule has 3 aromatic rings. The first-order chi connectivity index (χ1) is 11.7. The number of methoxy groups -OCH3 is 1. The number of allylic oxidation sites excluding steroid dienone is 1. The molecular formula is C19H18ClN3O. The number of rotatable bonds is 5. The lowest BCUT2D eigenvalue weighted by atomic mass is 10.1. The molecule has 0 bridgehead atoms. The monoisotopic (exact) mass is 339 g/mol. The van der Waals surface area contributed by atoms with Gasteiger partial charge in [0.1, 0.15) is 11.3 Å². The third-order valence-corrected chi connectivity index (χ3v) is 4.04. The molecule has 122 valence electrons. The van der Waals surface area contributed by atoms with Gasteiger partial charge in [0.15, 0.2) is 5.15 Å². The number of pyridine rings is 1. The molecule has 0 aliphatic heterocycles. The first kappa shape index (κ1) is 16.3. The molecular weight excluding hydrogens is 322 g/mol. The van der Waals surface area contributed by atoms with E-state index in [9.17, 15) is 0 Å². The van der Waals surface area contributed by atoms with Crippen LogP contribution in [-0.4, -0.2) is 21.9 Å². The van der Waals surface area contributed by atoms with Gasteiger partial charge in [-0.2, -0.15) is 5.10 Å². The molecule has 0 amide bonds. The minimum absolute atomic E-state index is 0.400. The maximum absolute atomic E-state index is 6.31. The van der Waals surface area contributed by atoms with Crippen molar-refractivity contribution in [1.29, 1.82) is 0 Å². The third kappa shape index (κ3) is 3.05. The van der Waals surface area contributed by atoms with E-state index in [2.05, 4.69) is 16.7 Å². The van der Waals surface area contributed by atoms with Gasteiger partial charge in [-0.05, 0) is 30.7 Å². The van der Waals surface area contributed by atoms with E-state index in [1.165, 1.54) is 0 Å². The number of halogens is 1. The number of nitrogens with zero attached hydrogens (tertiary/aromatic N) is 3. The smallest absolute Gasteiger partial charge is 0.157 e. The molecule has 0 aliphatic rings. The minimum Gasteiger partial charge on any atom is -0.497 e. The summed E-state index contributed by atoms with van der Waals surface area (Å²) in [5, 5.41) is 5.93. The van der Waals surface area contributed by atoms with Crippen molar-refractivity contribution in [3.05, 3.63) is 65.1 Å². The van der Waals surface area contributed by atoms with E-state index in [1.54, 1.807) is 13.2 Å². The van der Waals surface area contributed by atoms with Crippen molar-refractivity contribution < 1.29 is 4.74 Å². The molecule has 2 aromatic heterocycles. The topological polar surface area (TPSA) is 39.9 Å². The summed E-state index contributed by atoms with van der Waals surface area (Å²) in [5.74, 6) is 0.835. The quantitative estimate of drug-likeness (QED) is 0.626. The lowest BCUT2D eigenvalue weighted by Crippen LogP contribution is -1.99. The van der Waals surface area contributed by atoms with Crippen LogP contribution in [0.3, 0.4) is 0 Å². The van der Waals surface area contributed by atoms with Crippen LogP contribution in [0.25, 0.3) is 23.1 Å². The van der Waals surface area contributed by atoms with Crippen LogP contribution in [0.4, 0.5) is 0 Å². The van der Waals surface area contributed by atoms with Crippen molar-refractivity contribution in [3.8, 4) is 5.75 Å². The van der Waals surface area contributed by atoms with Crippen molar-refractivity contribution in [3.63, 3.8) is 0 Å². The molecule has 0 fully saturated rings. The first-order valence-corrected chi connectivity index (χ1v) is 7.98. The highest BCUT2D eigenvalue weighted by atomic mass is 35.5. The molecule has 0 unspecified atom stereocenters. The highest BCUT2D eigenvalue weighted by Crippen LogP contribution is 2.28. The van der Waals surface area contributed by atoms with Crippen molar-refractivity contribution in [2.75, 3.05) is 7.11 Å². The van der Waals surface area contributed by atoms with Crippen LogP contribution in [0.15, 0.2) is 43.1 Å². The van der Waals surface area contributed by atoms with Gasteiger partial charge >= 0.3 is 0 Å². The average Bonchev–Trinajstić information content (AvgIpc) is 3.00. The molecule has 3 rings (SSSR count). The summed E-state index contributed by atoms with van der Waals surface area (Å²) >= 11 is 6.31. The van der Waals surface area contributed by atoms with E-state index in [4.69, 9.17) is 16.3 Å². The summed E-state index contributed by atoms with van der Waals surface area (Å²) in [4.78, 5) is 4.42. The highest BCUT2D eigenvalue weighted by Gasteiger charge is 2.13. The summed E-state index contributed by atoms with van der Waals surface area (Å²) in [6.07, 6.45) is 7.62. The van der Waals surface area contributed by atoms with Gasteiger partial charge in [0, 0.05) is 17.1 Å². The van der Waals surface area contributed by atoms with Crippen LogP contribution in [0.1, 0.15) is 23.7 Å². The average molecular weight is 340 g/mol. The first-order valence-electron chi connectivity index (χ1n) is 7.61. The maximum Gasteiger partial charge on any atom is 0.157 e. The van der Waals surface area contributed by atoms with Crippen molar-refractivity contribution in [1.82, 2.24) is 14.8 Å². The number of fused-ring (bicyclic) bond motifs is 1. The lowest BCUT2D eigenvalue weighted by Gasteiger charge is -2.03. The third-order valence-electron chi connectivity index (χ3n) is 3.77. The van der Waals surface area contributed by atoms with Crippen LogP contribution in [-0.2, 0) is 6.54 Å². The van der Waals surface area contributed by atoms with Crippen LogP contribution in [0, 0.1) is 0 Å². The van der Waals surface area contributed by atoms with Crippen molar-refractivity contribution in [2.24, 2.45) is 0 Å². The predicted octanol–water partition coefficient (Wildman–Crippen LogP) is 4.82. The molecule has 1 aromatic carbocycles. The SMILES string of the molecule is C=Cc1c(/C=C\C)nc(Cl)c2nn(Cc3ccc(OC)cc3)cc12. The number of benzene rings is 1. The molecule has 0 spiro atoms. The summed E-state index contributed by atoms with van der Waals surface area (Å²) in [7, 11) is 1.66. The molecule has 0 saturated heterocycles. The highest BCUT2D eigenvalue weighted by molar-refractivity contribution is 6.34. The summed E-state index contributed by atoms with van der Waals surface area (Å²) in [6, 6.07) is 7.91. The van der Waals surface area contributed by atoms with Crippen LogP contribution < -0.4 is 4.74 Å². The summed E-state index contributed by atoms with van der Waals surface area (Å²) in [6.45, 7) is 6.49. The molecule has 4 nitrogen and oxygen atoms in total. The second kappa shape index (κ2) is 6.89. The molecule has 24 heavy (non-hydrogen) atoms. The van der Waals surface area contributed by atoms with Gasteiger partial charge in [0.25, 0.3) is 0 Å². The van der Waals surface area contributed by atoms with Gasteiger partial charge in [-0.1, -0.05) is 42.5 Å². The van der Waals surface area contributed by atoms with Gasteiger partial charge in [-0.25, -0.2) is 4.98 Å². The lowest BCUT2D eigenvalue weighted by molar-refractivity contribution is 0.414. The fraction of sp³-hybridized carbons (Fsp3) is 0.158. The standard InChI is InChI=1S/C19H18ClN3O/c1-4-6-17-15(5-2)16-12-23(22-18(16)19(20)21-17)11-13-7-9-14(24-3)10-8-13/h4-10,12H,2,11H2,1,3H3/b6-4-. The minimum atomic E-state index is 0.400. The number of aromatic nitrogens is 3. The Labute approximate surface area is 146 Å². The maximum atomic E-state index is 6.31. The van der Waals surface area contributed by atoms with Gasteiger partial charge in [-0.3, -0.25) is 4.68 Å². The zero-order chi connectivity index (χ0) is 17.1. The van der Waals surface area contributed by atoms with E-state index in [0.29, 0.717) is 17.2 Å². The summed E-state index contributed by atoms with van der Waals surface area (Å²) < 4.78 is 7.05. The molecule has 5 heteroatoms. The van der Waals surface area contributed by atoms with E-state index in [-0.39, 0.29) is 0 Å². The Bertz CT molecular complexity index is 911. The number of hydrogen-bond donors (Lipinski definition) is 0. The molecule has 0 radical (unpaired) electrons. The molecule has 0 atom stereocenters. The van der Waals surface area contributed by atoms with E-state index >= 15 is 0 Å². The second-order valence-electron chi connectivity index (χ2n) is 5.34. The Morgan fingerprint density at radius 1 is 1.29 bits per heavy atom. The van der Waals surface area contributed by atoms with Gasteiger partial charge in [0.05, 0.1) is 19.3 Å². The van der Waals surface area contributed by atoms with E-state index in [0.717, 1.165) is 28.0 Å². The van der Waals surface area contributed by atoms with E-state index < -0.39 is 0 Å². The zero-order valence-electron chi connectivity index (χ0n) is 13.7. The predicted molar refractivity (Wildman–Crippen MR) is 99.4 cm³/mol. The van der Waals surface area contributed by atoms with Crippen LogP contribution in [0.2, 0.25) is 5.15 Å². The van der Waals surface area contributed by atoms with Gasteiger partial charge in [0.2, 0.25) is 0 Å². The Balaban J connectivity index is 2.03. The molecule has 0 saturated carbocycles. The Hall–Kier alpha value is -2.59. The van der Waals surface area contributed by atoms with Crippen molar-refractivity contribution in [2.45, 2.75) is 13.5 Å². The Kier molecular flexibility index (Phi) is 4.67. The number of hydrogen-bond acceptors (Lipinski definition) is 3. The van der Waals surface area contributed by atoms with Gasteiger partial charge in [-0.15, -0.1) is 0 Å². The molecule has 2 heterocycles. The normalized spacial score (nSPS) is 11.3. The van der Waals surface area contributed by atoms with Gasteiger partial charge < -0.3 is 4.74 Å². The zero-order valence-corrected chi connectivity index (χ0v) is 14.4. The Morgan fingerprint density at radius 3 is 2.67 bits per heavy atom. The summed E-state index contributed by atoms with van der Waals surface area (Å²) in [5.41, 5.74) is 3.55. The molecule has 0 aliphatic carbocycles.